The first-order valence-corrected chi connectivity index (χ1v) is 12.0. The van der Waals surface area contributed by atoms with Crippen molar-refractivity contribution in [1.29, 1.82) is 5.26 Å². The number of nitriles is 1. The van der Waals surface area contributed by atoms with Crippen LogP contribution in [-0.4, -0.2) is 44.5 Å². The number of aromatic nitrogens is 4. The number of nitrogens with zero attached hydrogens (tertiary/aromatic N) is 6. The number of phenols is 1. The molecule has 0 saturated heterocycles. The molecule has 0 radical (unpaired) electrons. The largest absolute Gasteiger partial charge is 0.507 e. The van der Waals surface area contributed by atoms with E-state index in [1.54, 1.807) is 29.8 Å². The highest BCUT2D eigenvalue weighted by atomic mass is 32.1. The number of anilines is 1. The predicted molar refractivity (Wildman–Crippen MR) is 125 cm³/mol. The van der Waals surface area contributed by atoms with Crippen LogP contribution >= 0.6 is 11.3 Å². The van der Waals surface area contributed by atoms with Crippen LogP contribution in [0.3, 0.4) is 0 Å². The molecule has 2 aromatic heterocycles. The molecule has 0 unspecified atom stereocenters. The van der Waals surface area contributed by atoms with Gasteiger partial charge in [0.25, 0.3) is 0 Å². The Labute approximate surface area is 196 Å². The Hall–Kier alpha value is -3.12. The standard InChI is InChI=1S/C24H25FN6OS/c1-24-7-3-4-15(9-24)22(25)18(10-24)31(2)20-12-27-23(30-29-20)16-6-5-14(8-19(16)32)17-13-33-21(11-26)28-17/h5-6,8,12-13,15,18,22,32H,3-4,7,9-10H2,1-2H3/t15-,18-,22+,24+/m1/s1. The number of thiazole rings is 1. The van der Waals surface area contributed by atoms with Gasteiger partial charge in [0, 0.05) is 18.0 Å². The molecular weight excluding hydrogens is 439 g/mol. The lowest BCUT2D eigenvalue weighted by molar-refractivity contribution is 0.0113. The van der Waals surface area contributed by atoms with Crippen molar-refractivity contribution < 1.29 is 9.50 Å². The summed E-state index contributed by atoms with van der Waals surface area (Å²) < 4.78 is 15.3. The van der Waals surface area contributed by atoms with E-state index in [1.165, 1.54) is 11.3 Å². The van der Waals surface area contributed by atoms with Crippen molar-refractivity contribution >= 4 is 17.2 Å². The number of hydrogen-bond donors (Lipinski definition) is 1. The molecule has 0 amide bonds. The average Bonchev–Trinajstić information content (AvgIpc) is 3.31. The molecule has 4 atom stereocenters. The van der Waals surface area contributed by atoms with Crippen LogP contribution in [0.1, 0.15) is 44.0 Å². The number of aromatic hydroxyl groups is 1. The van der Waals surface area contributed by atoms with Crippen molar-refractivity contribution in [2.45, 2.75) is 51.2 Å². The summed E-state index contributed by atoms with van der Waals surface area (Å²) in [5.41, 5.74) is 1.95. The van der Waals surface area contributed by atoms with Gasteiger partial charge in [0.1, 0.15) is 18.0 Å². The van der Waals surface area contributed by atoms with Crippen molar-refractivity contribution in [1.82, 2.24) is 20.2 Å². The van der Waals surface area contributed by atoms with Gasteiger partial charge in [0.15, 0.2) is 16.6 Å². The molecular formula is C24H25FN6OS. The summed E-state index contributed by atoms with van der Waals surface area (Å²) in [7, 11) is 1.86. The molecule has 0 spiro atoms. The van der Waals surface area contributed by atoms with E-state index < -0.39 is 6.17 Å². The SMILES string of the molecule is CN(c1cnc(-c2ccc(-c3csc(C#N)n3)cc2O)nn1)[C@@H]1C[C@@]2(C)CCC[C@H](C2)[C@@H]1F. The molecule has 2 heterocycles. The Morgan fingerprint density at radius 2 is 2.15 bits per heavy atom. The fourth-order valence-electron chi connectivity index (χ4n) is 5.43. The van der Waals surface area contributed by atoms with Crippen LogP contribution in [0, 0.1) is 22.7 Å². The summed E-state index contributed by atoms with van der Waals surface area (Å²) >= 11 is 1.25. The molecule has 7 nitrogen and oxygen atoms in total. The van der Waals surface area contributed by atoms with Crippen LogP contribution in [0.15, 0.2) is 29.8 Å². The third kappa shape index (κ3) is 4.04. The Kier molecular flexibility index (Phi) is 5.49. The van der Waals surface area contributed by atoms with E-state index in [-0.39, 0.29) is 28.9 Å². The summed E-state index contributed by atoms with van der Waals surface area (Å²) in [6, 6.07) is 6.85. The summed E-state index contributed by atoms with van der Waals surface area (Å²) in [5.74, 6) is 0.926. The van der Waals surface area contributed by atoms with Crippen molar-refractivity contribution in [2.75, 3.05) is 11.9 Å². The van der Waals surface area contributed by atoms with Crippen LogP contribution in [-0.2, 0) is 0 Å². The second kappa shape index (κ2) is 8.34. The van der Waals surface area contributed by atoms with Gasteiger partial charge in [-0.1, -0.05) is 19.4 Å². The molecule has 9 heteroatoms. The molecule has 33 heavy (non-hydrogen) atoms. The van der Waals surface area contributed by atoms with Gasteiger partial charge >= 0.3 is 0 Å². The number of alkyl halides is 1. The maximum atomic E-state index is 15.3. The first-order valence-electron chi connectivity index (χ1n) is 11.1. The lowest BCUT2D eigenvalue weighted by atomic mass is 9.60. The second-order valence-corrected chi connectivity index (χ2v) is 10.4. The van der Waals surface area contributed by atoms with Crippen LogP contribution in [0.4, 0.5) is 10.2 Å². The van der Waals surface area contributed by atoms with Crippen LogP contribution in [0.5, 0.6) is 5.75 Å². The lowest BCUT2D eigenvalue weighted by Gasteiger charge is -2.50. The van der Waals surface area contributed by atoms with Crippen LogP contribution in [0.2, 0.25) is 0 Å². The molecule has 2 aliphatic rings. The number of hydrogen-bond acceptors (Lipinski definition) is 8. The van der Waals surface area contributed by atoms with E-state index in [0.29, 0.717) is 27.6 Å². The van der Waals surface area contributed by atoms with Gasteiger partial charge in [0.05, 0.1) is 23.5 Å². The summed E-state index contributed by atoms with van der Waals surface area (Å²) in [4.78, 5) is 10.5. The van der Waals surface area contributed by atoms with Gasteiger partial charge < -0.3 is 10.0 Å². The Balaban J connectivity index is 1.36. The highest BCUT2D eigenvalue weighted by molar-refractivity contribution is 7.10. The highest BCUT2D eigenvalue weighted by Gasteiger charge is 2.47. The van der Waals surface area contributed by atoms with Gasteiger partial charge in [-0.25, -0.2) is 14.4 Å². The van der Waals surface area contributed by atoms with E-state index in [0.717, 1.165) is 32.1 Å². The quantitative estimate of drug-likeness (QED) is 0.581. The number of halogens is 1. The Morgan fingerprint density at radius 3 is 2.85 bits per heavy atom. The minimum absolute atomic E-state index is 0.00114. The minimum Gasteiger partial charge on any atom is -0.507 e. The van der Waals surface area contributed by atoms with Crippen molar-refractivity contribution in [3.05, 3.63) is 34.8 Å². The maximum Gasteiger partial charge on any atom is 0.194 e. The third-order valence-electron chi connectivity index (χ3n) is 7.17. The summed E-state index contributed by atoms with van der Waals surface area (Å²) in [5, 5.41) is 30.2. The van der Waals surface area contributed by atoms with Crippen molar-refractivity contribution in [3.63, 3.8) is 0 Å². The first-order chi connectivity index (χ1) is 15.9. The first kappa shape index (κ1) is 21.7. The molecule has 1 N–H and O–H groups in total. The zero-order valence-electron chi connectivity index (χ0n) is 18.6. The zero-order valence-corrected chi connectivity index (χ0v) is 19.4. The van der Waals surface area contributed by atoms with E-state index in [4.69, 9.17) is 5.26 Å². The third-order valence-corrected chi connectivity index (χ3v) is 7.92. The van der Waals surface area contributed by atoms with E-state index in [2.05, 4.69) is 27.1 Å². The molecule has 2 saturated carbocycles. The topological polar surface area (TPSA) is 98.8 Å². The highest BCUT2D eigenvalue weighted by Crippen LogP contribution is 2.50. The molecule has 1 aromatic carbocycles. The monoisotopic (exact) mass is 464 g/mol. The molecule has 170 valence electrons. The molecule has 5 rings (SSSR count). The number of benzene rings is 1. The molecule has 2 aliphatic carbocycles. The zero-order chi connectivity index (χ0) is 23.2. The van der Waals surface area contributed by atoms with Crippen LogP contribution in [0.25, 0.3) is 22.6 Å². The Morgan fingerprint density at radius 1 is 1.30 bits per heavy atom. The van der Waals surface area contributed by atoms with E-state index >= 15 is 4.39 Å². The minimum atomic E-state index is -0.881. The van der Waals surface area contributed by atoms with Gasteiger partial charge in [-0.2, -0.15) is 5.26 Å². The molecule has 2 bridgehead atoms. The predicted octanol–water partition coefficient (Wildman–Crippen LogP) is 4.98. The molecule has 2 fully saturated rings. The fraction of sp³-hybridized carbons (Fsp3) is 0.458. The summed E-state index contributed by atoms with van der Waals surface area (Å²) in [6.07, 6.45) is 5.70. The van der Waals surface area contributed by atoms with Gasteiger partial charge in [-0.05, 0) is 49.1 Å². The number of rotatable bonds is 4. The number of fused-ring (bicyclic) bond motifs is 2. The van der Waals surface area contributed by atoms with Crippen molar-refractivity contribution in [3.8, 4) is 34.5 Å². The summed E-state index contributed by atoms with van der Waals surface area (Å²) in [6.45, 7) is 2.28. The lowest BCUT2D eigenvalue weighted by Crippen LogP contribution is -2.52. The van der Waals surface area contributed by atoms with Gasteiger partial charge in [-0.3, -0.25) is 0 Å². The number of phenolic OH excluding ortho intramolecular Hbond substituents is 1. The van der Waals surface area contributed by atoms with Gasteiger partial charge in [0.2, 0.25) is 0 Å². The molecule has 0 aliphatic heterocycles. The maximum absolute atomic E-state index is 15.3. The fourth-order valence-corrected chi connectivity index (χ4v) is 6.05. The smallest absolute Gasteiger partial charge is 0.194 e. The Bertz CT molecular complexity index is 1210. The molecule has 3 aromatic rings. The second-order valence-electron chi connectivity index (χ2n) is 9.52. The van der Waals surface area contributed by atoms with Gasteiger partial charge in [-0.15, -0.1) is 21.5 Å². The normalized spacial score (nSPS) is 26.5. The average molecular weight is 465 g/mol. The van der Waals surface area contributed by atoms with Crippen LogP contribution < -0.4 is 4.90 Å². The van der Waals surface area contributed by atoms with E-state index in [9.17, 15) is 5.11 Å². The van der Waals surface area contributed by atoms with E-state index in [1.807, 2.05) is 18.0 Å². The van der Waals surface area contributed by atoms with Crippen molar-refractivity contribution in [2.24, 2.45) is 11.3 Å².